The van der Waals surface area contributed by atoms with Crippen LogP contribution in [0.2, 0.25) is 25.1 Å². The maximum atomic E-state index is 12.4. The van der Waals surface area contributed by atoms with E-state index in [2.05, 4.69) is 36.6 Å². The predicted octanol–water partition coefficient (Wildman–Crippen LogP) is 6.94. The number of ether oxygens (including phenoxy) is 2. The molecular formula is C40H45Cl5N8O6. The molecule has 0 bridgehead atoms. The minimum absolute atomic E-state index is 0.0412. The maximum Gasteiger partial charge on any atom is 0.407 e. The van der Waals surface area contributed by atoms with Gasteiger partial charge >= 0.3 is 12.2 Å². The topological polar surface area (TPSA) is 176 Å². The number of alkyl carbamates (subject to hydrolysis) is 2. The van der Waals surface area contributed by atoms with Crippen molar-refractivity contribution in [2.45, 2.75) is 26.1 Å². The van der Waals surface area contributed by atoms with Gasteiger partial charge in [-0.05, 0) is 30.5 Å². The summed E-state index contributed by atoms with van der Waals surface area (Å²) in [5.74, 6) is -0.136. The van der Waals surface area contributed by atoms with Crippen molar-refractivity contribution in [2.75, 3.05) is 57.3 Å². The molecule has 2 fully saturated rings. The van der Waals surface area contributed by atoms with Crippen LogP contribution in [0.5, 0.6) is 0 Å². The van der Waals surface area contributed by atoms with E-state index in [0.29, 0.717) is 69.9 Å². The number of aromatic nitrogens is 2. The van der Waals surface area contributed by atoms with Gasteiger partial charge in [0.15, 0.2) is 0 Å². The predicted molar refractivity (Wildman–Crippen MR) is 230 cm³/mol. The van der Waals surface area contributed by atoms with Crippen molar-refractivity contribution in [3.63, 3.8) is 0 Å². The lowest BCUT2D eigenvalue weighted by molar-refractivity contribution is -0.125. The third kappa shape index (κ3) is 16.9. The molecule has 5 N–H and O–H groups in total. The number of carbonyl (C=O) groups is 4. The molecule has 2 aromatic heterocycles. The first-order chi connectivity index (χ1) is 28.5. The van der Waals surface area contributed by atoms with Crippen molar-refractivity contribution >= 4 is 87.7 Å². The summed E-state index contributed by atoms with van der Waals surface area (Å²) in [7, 11) is 0. The van der Waals surface area contributed by atoms with Gasteiger partial charge in [0.25, 0.3) is 0 Å². The Morgan fingerprint density at radius 3 is 1.54 bits per heavy atom. The fraction of sp³-hybridized carbons (Fsp3) is 0.350. The fourth-order valence-electron chi connectivity index (χ4n) is 5.70. The first kappa shape index (κ1) is 47.1. The van der Waals surface area contributed by atoms with Crippen LogP contribution in [0, 0.1) is 11.8 Å². The van der Waals surface area contributed by atoms with Gasteiger partial charge in [-0.3, -0.25) is 19.6 Å². The highest BCUT2D eigenvalue weighted by Crippen LogP contribution is 2.35. The lowest BCUT2D eigenvalue weighted by Crippen LogP contribution is -2.38. The van der Waals surface area contributed by atoms with Crippen LogP contribution in [0.15, 0.2) is 85.5 Å². The number of halogens is 5. The van der Waals surface area contributed by atoms with Crippen molar-refractivity contribution in [3.8, 4) is 0 Å². The second-order valence-corrected chi connectivity index (χ2v) is 15.1. The molecule has 14 nitrogen and oxygen atoms in total. The molecule has 0 saturated carbocycles. The third-order valence-electron chi connectivity index (χ3n) is 8.74. The number of anilines is 1. The lowest BCUT2D eigenvalue weighted by atomic mass is 10.1. The van der Waals surface area contributed by atoms with Gasteiger partial charge in [-0.15, -0.1) is 0 Å². The largest absolute Gasteiger partial charge is 0.445 e. The minimum atomic E-state index is -0.517. The SMILES string of the molecule is Clc1cncc(Cl)c1Cl.O=C(NCCNC(=O)C1CCN(c2c(Cl)cncc2Cl)C1)OCc1ccccc1.O=C(NCCNC(=O)C1CCNC1)OCc1ccccc1. The average Bonchev–Trinajstić information content (AvgIpc) is 3.97. The Kier molecular flexibility index (Phi) is 20.6. The highest BCUT2D eigenvalue weighted by atomic mass is 35.5. The van der Waals surface area contributed by atoms with Crippen LogP contribution in [0.1, 0.15) is 24.0 Å². The molecule has 6 rings (SSSR count). The molecule has 2 aliphatic rings. The fourth-order valence-corrected chi connectivity index (χ4v) is 6.76. The van der Waals surface area contributed by atoms with Gasteiger partial charge in [0.2, 0.25) is 11.8 Å². The van der Waals surface area contributed by atoms with Crippen LogP contribution >= 0.6 is 58.0 Å². The van der Waals surface area contributed by atoms with Gasteiger partial charge in [0.05, 0.1) is 42.6 Å². The van der Waals surface area contributed by atoms with Crippen molar-refractivity contribution in [3.05, 3.63) is 122 Å². The number of hydrogen-bond donors (Lipinski definition) is 5. The van der Waals surface area contributed by atoms with Gasteiger partial charge in [-0.25, -0.2) is 9.59 Å². The van der Waals surface area contributed by atoms with E-state index < -0.39 is 12.2 Å². The second kappa shape index (κ2) is 25.8. The number of hydrogen-bond acceptors (Lipinski definition) is 10. The number of rotatable bonds is 13. The van der Waals surface area contributed by atoms with Gasteiger partial charge in [-0.1, -0.05) is 119 Å². The number of nitrogens with one attached hydrogen (secondary N) is 5. The van der Waals surface area contributed by atoms with Crippen LogP contribution in [0.3, 0.4) is 0 Å². The molecule has 2 aliphatic heterocycles. The summed E-state index contributed by atoms with van der Waals surface area (Å²) in [6.45, 7) is 4.68. The van der Waals surface area contributed by atoms with Crippen molar-refractivity contribution < 1.29 is 28.7 Å². The zero-order valence-electron chi connectivity index (χ0n) is 31.9. The Morgan fingerprint density at radius 1 is 0.627 bits per heavy atom. The Hall–Kier alpha value is -4.57. The van der Waals surface area contributed by atoms with E-state index in [9.17, 15) is 19.2 Å². The van der Waals surface area contributed by atoms with Crippen LogP contribution in [-0.2, 0) is 32.3 Å². The first-order valence-electron chi connectivity index (χ1n) is 18.7. The number of pyridine rings is 2. The van der Waals surface area contributed by atoms with Crippen molar-refractivity contribution in [1.82, 2.24) is 36.6 Å². The second-order valence-electron chi connectivity index (χ2n) is 13.0. The van der Waals surface area contributed by atoms with Gasteiger partial charge in [0, 0.05) is 70.6 Å². The number of nitrogens with zero attached hydrogens (tertiary/aromatic N) is 3. The van der Waals surface area contributed by atoms with E-state index in [1.54, 1.807) is 12.4 Å². The Bertz CT molecular complexity index is 1910. The van der Waals surface area contributed by atoms with E-state index in [0.717, 1.165) is 30.6 Å². The molecule has 2 aromatic carbocycles. The first-order valence-corrected chi connectivity index (χ1v) is 20.5. The Balaban J connectivity index is 0.000000222. The summed E-state index contributed by atoms with van der Waals surface area (Å²) in [6.07, 6.45) is 6.54. The molecule has 0 radical (unpaired) electrons. The quantitative estimate of drug-likeness (QED) is 0.0885. The molecule has 2 atom stereocenters. The molecule has 2 unspecified atom stereocenters. The number of carbonyl (C=O) groups excluding carboxylic acids is 4. The monoisotopic (exact) mass is 908 g/mol. The summed E-state index contributed by atoms with van der Waals surface area (Å²) >= 11 is 29.0. The van der Waals surface area contributed by atoms with Crippen LogP contribution in [-0.4, -0.2) is 86.3 Å². The average molecular weight is 911 g/mol. The summed E-state index contributed by atoms with van der Waals surface area (Å²) in [4.78, 5) is 56.9. The molecular weight excluding hydrogens is 866 g/mol. The van der Waals surface area contributed by atoms with Gasteiger partial charge < -0.3 is 41.0 Å². The highest BCUT2D eigenvalue weighted by Gasteiger charge is 2.30. The van der Waals surface area contributed by atoms with Crippen molar-refractivity contribution in [1.29, 1.82) is 0 Å². The van der Waals surface area contributed by atoms with Gasteiger partial charge in [0.1, 0.15) is 13.2 Å². The zero-order chi connectivity index (χ0) is 42.4. The molecule has 0 spiro atoms. The molecule has 316 valence electrons. The molecule has 4 aromatic rings. The van der Waals surface area contributed by atoms with Crippen LogP contribution < -0.4 is 31.5 Å². The Labute approximate surface area is 368 Å². The molecule has 4 heterocycles. The summed E-state index contributed by atoms with van der Waals surface area (Å²) in [5.41, 5.74) is 2.56. The normalized spacial score (nSPS) is 15.4. The molecule has 19 heteroatoms. The standard InChI is InChI=1S/C20H22Cl2N4O3.C15H21N3O3.C5H2Cl3N/c21-16-10-23-11-17(22)18(16)26-9-6-15(12-26)19(27)24-7-8-25-20(28)29-13-14-4-2-1-3-5-14;19-14(13-6-7-16-10-13)17-8-9-18-15(20)21-11-12-4-2-1-3-5-12;6-3-1-9-2-4(7)5(3)8/h1-5,10-11,15H,6-9,12-13H2,(H,24,27)(H,25,28);1-5,13,16H,6-11H2,(H,17,19)(H,18,20);1-2H. The van der Waals surface area contributed by atoms with Gasteiger partial charge in [-0.2, -0.15) is 0 Å². The van der Waals surface area contributed by atoms with E-state index in [1.165, 1.54) is 12.4 Å². The van der Waals surface area contributed by atoms with E-state index in [4.69, 9.17) is 67.5 Å². The molecule has 59 heavy (non-hydrogen) atoms. The Morgan fingerprint density at radius 2 is 1.08 bits per heavy atom. The van der Waals surface area contributed by atoms with E-state index in [1.807, 2.05) is 65.6 Å². The highest BCUT2D eigenvalue weighted by molar-refractivity contribution is 6.47. The zero-order valence-corrected chi connectivity index (χ0v) is 35.7. The smallest absolute Gasteiger partial charge is 0.407 e. The number of amides is 4. The van der Waals surface area contributed by atoms with Crippen molar-refractivity contribution in [2.24, 2.45) is 11.8 Å². The van der Waals surface area contributed by atoms with E-state index in [-0.39, 0.29) is 43.4 Å². The molecule has 2 saturated heterocycles. The van der Waals surface area contributed by atoms with Crippen LogP contribution in [0.25, 0.3) is 0 Å². The minimum Gasteiger partial charge on any atom is -0.445 e. The summed E-state index contributed by atoms with van der Waals surface area (Å²) in [5, 5.41) is 16.1. The third-order valence-corrected chi connectivity index (χ3v) is 10.5. The molecule has 4 amide bonds. The summed E-state index contributed by atoms with van der Waals surface area (Å²) in [6, 6.07) is 18.9. The lowest BCUT2D eigenvalue weighted by Gasteiger charge is -2.21. The maximum absolute atomic E-state index is 12.4. The van der Waals surface area contributed by atoms with Crippen LogP contribution in [0.4, 0.5) is 15.3 Å². The van der Waals surface area contributed by atoms with E-state index >= 15 is 0 Å². The number of benzene rings is 2. The molecule has 0 aliphatic carbocycles. The summed E-state index contributed by atoms with van der Waals surface area (Å²) < 4.78 is 10.2.